The maximum Gasteiger partial charge on any atom is 0.250 e. The van der Waals surface area contributed by atoms with Gasteiger partial charge >= 0.3 is 0 Å². The Hall–Kier alpha value is -3.45. The number of hydrogen-bond acceptors (Lipinski definition) is 4. The van der Waals surface area contributed by atoms with Crippen LogP contribution < -0.4 is 5.56 Å². The first-order chi connectivity index (χ1) is 14.1. The molecule has 0 aliphatic carbocycles. The molecule has 0 spiro atoms. The van der Waals surface area contributed by atoms with E-state index in [-0.39, 0.29) is 18.0 Å². The molecule has 0 atom stereocenters. The van der Waals surface area contributed by atoms with Crippen LogP contribution in [0.2, 0.25) is 0 Å². The Morgan fingerprint density at radius 1 is 1.07 bits per heavy atom. The fourth-order valence-corrected chi connectivity index (χ4v) is 3.80. The second-order valence-electron chi connectivity index (χ2n) is 6.68. The third kappa shape index (κ3) is 4.20. The highest BCUT2D eigenvalue weighted by Crippen LogP contribution is 2.28. The van der Waals surface area contributed by atoms with E-state index in [2.05, 4.69) is 0 Å². The molecule has 3 aromatic heterocycles. The van der Waals surface area contributed by atoms with Crippen LogP contribution >= 0.6 is 11.3 Å². The Bertz CT molecular complexity index is 1160. The van der Waals surface area contributed by atoms with Gasteiger partial charge in [0.05, 0.1) is 10.6 Å². The van der Waals surface area contributed by atoms with Crippen molar-refractivity contribution < 1.29 is 4.79 Å². The minimum absolute atomic E-state index is 0.0112. The lowest BCUT2D eigenvalue weighted by molar-refractivity contribution is -0.131. The van der Waals surface area contributed by atoms with Crippen molar-refractivity contribution in [2.75, 3.05) is 7.05 Å². The quantitative estimate of drug-likeness (QED) is 0.495. The minimum Gasteiger partial charge on any atom is -0.340 e. The summed E-state index contributed by atoms with van der Waals surface area (Å²) < 4.78 is 3.25. The molecule has 0 N–H and O–H groups in total. The first-order valence-electron chi connectivity index (χ1n) is 9.19. The zero-order chi connectivity index (χ0) is 20.2. The SMILES string of the molecule is CN(Cc1cn(-c2ccccc2)nc1-c1cccs1)C(=O)Cn1ccccc1=O. The van der Waals surface area contributed by atoms with Crippen molar-refractivity contribution in [3.05, 3.63) is 94.4 Å². The smallest absolute Gasteiger partial charge is 0.250 e. The topological polar surface area (TPSA) is 60.1 Å². The lowest BCUT2D eigenvalue weighted by Gasteiger charge is -2.17. The van der Waals surface area contributed by atoms with Crippen molar-refractivity contribution >= 4 is 17.2 Å². The number of likely N-dealkylation sites (N-methyl/N-ethyl adjacent to an activating group) is 1. The fraction of sp³-hybridized carbons (Fsp3) is 0.136. The van der Waals surface area contributed by atoms with Gasteiger partial charge in [0.2, 0.25) is 5.91 Å². The molecule has 0 saturated heterocycles. The van der Waals surface area contributed by atoms with Gasteiger partial charge in [-0.15, -0.1) is 11.3 Å². The van der Waals surface area contributed by atoms with Gasteiger partial charge in [0.1, 0.15) is 12.2 Å². The Kier molecular flexibility index (Phi) is 5.39. The second-order valence-corrected chi connectivity index (χ2v) is 7.62. The van der Waals surface area contributed by atoms with Crippen LogP contribution in [0, 0.1) is 0 Å². The van der Waals surface area contributed by atoms with Crippen LogP contribution in [0.5, 0.6) is 0 Å². The summed E-state index contributed by atoms with van der Waals surface area (Å²) in [6.45, 7) is 0.414. The third-order valence-electron chi connectivity index (χ3n) is 4.60. The molecular formula is C22H20N4O2S. The van der Waals surface area contributed by atoms with Gasteiger partial charge in [-0.2, -0.15) is 5.10 Å². The summed E-state index contributed by atoms with van der Waals surface area (Å²) in [5, 5.41) is 6.78. The van der Waals surface area contributed by atoms with Gasteiger partial charge in [-0.1, -0.05) is 30.3 Å². The molecule has 0 bridgehead atoms. The highest BCUT2D eigenvalue weighted by atomic mass is 32.1. The van der Waals surface area contributed by atoms with Crippen LogP contribution in [0.25, 0.3) is 16.3 Å². The van der Waals surface area contributed by atoms with E-state index in [0.29, 0.717) is 6.54 Å². The number of aromatic nitrogens is 3. The predicted molar refractivity (Wildman–Crippen MR) is 114 cm³/mol. The van der Waals surface area contributed by atoms with Gasteiger partial charge in [-0.05, 0) is 29.6 Å². The molecular weight excluding hydrogens is 384 g/mol. The lowest BCUT2D eigenvalue weighted by Crippen LogP contribution is -2.33. The maximum absolute atomic E-state index is 12.7. The van der Waals surface area contributed by atoms with Gasteiger partial charge in [0, 0.05) is 37.6 Å². The van der Waals surface area contributed by atoms with E-state index in [1.54, 1.807) is 41.6 Å². The normalized spacial score (nSPS) is 10.8. The van der Waals surface area contributed by atoms with Crippen LogP contribution in [-0.2, 0) is 17.9 Å². The molecule has 0 fully saturated rings. The molecule has 0 radical (unpaired) electrons. The lowest BCUT2D eigenvalue weighted by atomic mass is 10.2. The largest absolute Gasteiger partial charge is 0.340 e. The van der Waals surface area contributed by atoms with Crippen molar-refractivity contribution in [1.82, 2.24) is 19.2 Å². The first kappa shape index (κ1) is 18.9. The van der Waals surface area contributed by atoms with Gasteiger partial charge in [-0.25, -0.2) is 4.68 Å². The molecule has 4 aromatic rings. The number of nitrogens with zero attached hydrogens (tertiary/aromatic N) is 4. The van der Waals surface area contributed by atoms with Crippen molar-refractivity contribution in [1.29, 1.82) is 0 Å². The first-order valence-corrected chi connectivity index (χ1v) is 10.1. The number of carbonyl (C=O) groups is 1. The Labute approximate surface area is 172 Å². The number of benzene rings is 1. The van der Waals surface area contributed by atoms with Gasteiger partial charge < -0.3 is 9.47 Å². The van der Waals surface area contributed by atoms with Crippen LogP contribution in [0.4, 0.5) is 0 Å². The number of carbonyl (C=O) groups excluding carboxylic acids is 1. The molecule has 0 aliphatic heterocycles. The molecule has 29 heavy (non-hydrogen) atoms. The highest BCUT2D eigenvalue weighted by molar-refractivity contribution is 7.13. The highest BCUT2D eigenvalue weighted by Gasteiger charge is 2.17. The van der Waals surface area contributed by atoms with Gasteiger partial charge in [0.25, 0.3) is 5.56 Å². The molecule has 0 unspecified atom stereocenters. The second kappa shape index (κ2) is 8.28. The maximum atomic E-state index is 12.7. The Balaban J connectivity index is 1.60. The Morgan fingerprint density at radius 2 is 1.86 bits per heavy atom. The van der Waals surface area contributed by atoms with Crippen LogP contribution in [-0.4, -0.2) is 32.2 Å². The number of hydrogen-bond donors (Lipinski definition) is 0. The monoisotopic (exact) mass is 404 g/mol. The summed E-state index contributed by atoms with van der Waals surface area (Å²) in [6, 6.07) is 18.8. The average molecular weight is 404 g/mol. The van der Waals surface area contributed by atoms with E-state index in [0.717, 1.165) is 21.8 Å². The van der Waals surface area contributed by atoms with E-state index >= 15 is 0 Å². The predicted octanol–water partition coefficient (Wildman–Crippen LogP) is 3.42. The van der Waals surface area contributed by atoms with Crippen molar-refractivity contribution in [3.8, 4) is 16.3 Å². The zero-order valence-corrected chi connectivity index (χ0v) is 16.7. The minimum atomic E-state index is -0.189. The molecule has 0 aliphatic rings. The van der Waals surface area contributed by atoms with E-state index in [1.807, 2.05) is 58.7 Å². The molecule has 146 valence electrons. The summed E-state index contributed by atoms with van der Waals surface area (Å²) in [6.07, 6.45) is 3.58. The summed E-state index contributed by atoms with van der Waals surface area (Å²) in [5.74, 6) is -0.136. The van der Waals surface area contributed by atoms with Gasteiger partial charge in [-0.3, -0.25) is 9.59 Å². The number of amides is 1. The molecule has 7 heteroatoms. The number of pyridine rings is 1. The van der Waals surface area contributed by atoms with Crippen molar-refractivity contribution in [2.45, 2.75) is 13.1 Å². The molecule has 3 heterocycles. The van der Waals surface area contributed by atoms with Gasteiger partial charge in [0.15, 0.2) is 0 Å². The molecule has 6 nitrogen and oxygen atoms in total. The van der Waals surface area contributed by atoms with Crippen LogP contribution in [0.3, 0.4) is 0 Å². The summed E-state index contributed by atoms with van der Waals surface area (Å²) >= 11 is 1.61. The molecule has 1 amide bonds. The molecule has 4 rings (SSSR count). The van der Waals surface area contributed by atoms with Crippen LogP contribution in [0.1, 0.15) is 5.56 Å². The Morgan fingerprint density at radius 3 is 2.59 bits per heavy atom. The van der Waals surface area contributed by atoms with E-state index in [9.17, 15) is 9.59 Å². The molecule has 1 aromatic carbocycles. The van der Waals surface area contributed by atoms with E-state index in [1.165, 1.54) is 10.6 Å². The van der Waals surface area contributed by atoms with Crippen LogP contribution in [0.15, 0.2) is 83.2 Å². The van der Waals surface area contributed by atoms with E-state index in [4.69, 9.17) is 5.10 Å². The van der Waals surface area contributed by atoms with E-state index < -0.39 is 0 Å². The average Bonchev–Trinajstić information content (AvgIpc) is 3.40. The number of thiophene rings is 1. The summed E-state index contributed by atoms with van der Waals surface area (Å²) in [5.41, 5.74) is 2.58. The number of rotatable bonds is 6. The summed E-state index contributed by atoms with van der Waals surface area (Å²) in [7, 11) is 1.74. The zero-order valence-electron chi connectivity index (χ0n) is 15.9. The molecule has 0 saturated carbocycles. The standard InChI is InChI=1S/C22H20N4O2S/c1-24(21(28)16-25-12-6-5-11-20(25)27)14-17-15-26(18-8-3-2-4-9-18)23-22(17)19-10-7-13-29-19/h2-13,15H,14,16H2,1H3. The van der Waals surface area contributed by atoms with Crippen molar-refractivity contribution in [3.63, 3.8) is 0 Å². The third-order valence-corrected chi connectivity index (χ3v) is 5.48. The number of para-hydroxylation sites is 1. The van der Waals surface area contributed by atoms with Crippen molar-refractivity contribution in [2.24, 2.45) is 0 Å². The fourth-order valence-electron chi connectivity index (χ4n) is 3.06. The summed E-state index contributed by atoms with van der Waals surface area (Å²) in [4.78, 5) is 27.2.